The predicted octanol–water partition coefficient (Wildman–Crippen LogP) is 4.25. The van der Waals surface area contributed by atoms with Crippen LogP contribution in [0, 0.1) is 23.2 Å². The molecule has 5 rings (SSSR count). The third-order valence-electron chi connectivity index (χ3n) is 7.41. The second kappa shape index (κ2) is 7.85. The zero-order valence-electron chi connectivity index (χ0n) is 17.3. The molecule has 3 heteroatoms. The second-order valence-electron chi connectivity index (χ2n) is 10.7. The molecule has 3 nitrogen and oxygen atoms in total. The van der Waals surface area contributed by atoms with E-state index >= 15 is 0 Å². The molecular formula is C24H38NO2+. The third kappa shape index (κ3) is 4.93. The lowest BCUT2D eigenvalue weighted by Crippen LogP contribution is -2.47. The summed E-state index contributed by atoms with van der Waals surface area (Å²) in [6, 6.07) is 10.5. The quantitative estimate of drug-likeness (QED) is 0.519. The van der Waals surface area contributed by atoms with Crippen molar-refractivity contribution in [2.75, 3.05) is 33.9 Å². The van der Waals surface area contributed by atoms with Gasteiger partial charge in [-0.25, -0.2) is 0 Å². The lowest BCUT2D eigenvalue weighted by Gasteiger charge is -2.57. The molecule has 1 atom stereocenters. The Morgan fingerprint density at radius 1 is 1.04 bits per heavy atom. The average Bonchev–Trinajstić information content (AvgIpc) is 2.57. The van der Waals surface area contributed by atoms with Crippen molar-refractivity contribution < 1.29 is 14.3 Å². The Bertz CT molecular complexity index is 577. The number of nitrogens with zero attached hydrogens (tertiary/aromatic N) is 1. The van der Waals surface area contributed by atoms with Crippen molar-refractivity contribution in [1.82, 2.24) is 0 Å². The fourth-order valence-electron chi connectivity index (χ4n) is 6.87. The molecule has 0 aromatic heterocycles. The van der Waals surface area contributed by atoms with Crippen molar-refractivity contribution in [3.8, 4) is 0 Å². The maximum Gasteiger partial charge on any atom is 0.126 e. The molecule has 4 aliphatic rings. The van der Waals surface area contributed by atoms with Crippen LogP contribution < -0.4 is 0 Å². The minimum absolute atomic E-state index is 0.389. The van der Waals surface area contributed by atoms with Crippen molar-refractivity contribution in [1.29, 1.82) is 0 Å². The van der Waals surface area contributed by atoms with Crippen LogP contribution in [-0.2, 0) is 11.3 Å². The molecule has 1 aromatic rings. The van der Waals surface area contributed by atoms with E-state index in [9.17, 15) is 5.11 Å². The van der Waals surface area contributed by atoms with Crippen LogP contribution >= 0.6 is 0 Å². The van der Waals surface area contributed by atoms with Crippen LogP contribution in [0.4, 0.5) is 0 Å². The first kappa shape index (κ1) is 19.4. The van der Waals surface area contributed by atoms with Crippen LogP contribution in [0.2, 0.25) is 0 Å². The predicted molar refractivity (Wildman–Crippen MR) is 109 cm³/mol. The van der Waals surface area contributed by atoms with E-state index in [4.69, 9.17) is 4.74 Å². The van der Waals surface area contributed by atoms with Crippen molar-refractivity contribution in [2.45, 2.75) is 57.6 Å². The van der Waals surface area contributed by atoms with Crippen molar-refractivity contribution in [3.05, 3.63) is 35.9 Å². The number of quaternary nitrogens is 1. The largest absolute Gasteiger partial charge is 0.385 e. The fraction of sp³-hybridized carbons (Fsp3) is 0.750. The Hall–Kier alpha value is -0.900. The summed E-state index contributed by atoms with van der Waals surface area (Å²) in [6.45, 7) is 2.97. The van der Waals surface area contributed by atoms with Gasteiger partial charge in [-0.3, -0.25) is 0 Å². The van der Waals surface area contributed by atoms with Crippen LogP contribution in [0.3, 0.4) is 0 Å². The first-order valence-corrected chi connectivity index (χ1v) is 11.0. The number of rotatable bonds is 9. The van der Waals surface area contributed by atoms with Gasteiger partial charge in [0.1, 0.15) is 19.2 Å². The Balaban J connectivity index is 1.18. The lowest BCUT2D eigenvalue weighted by atomic mass is 9.49. The van der Waals surface area contributed by atoms with Crippen LogP contribution in [0.1, 0.15) is 50.5 Å². The molecule has 150 valence electrons. The summed E-state index contributed by atoms with van der Waals surface area (Å²) < 4.78 is 6.75. The molecule has 4 saturated carbocycles. The Morgan fingerprint density at radius 2 is 1.63 bits per heavy atom. The van der Waals surface area contributed by atoms with Gasteiger partial charge in [-0.2, -0.15) is 0 Å². The van der Waals surface area contributed by atoms with Gasteiger partial charge in [0.2, 0.25) is 0 Å². The number of likely N-dealkylation sites (N-methyl/N-ethyl adjacent to an activating group) is 1. The number of hydrogen-bond acceptors (Lipinski definition) is 2. The van der Waals surface area contributed by atoms with E-state index in [0.717, 1.165) is 41.9 Å². The minimum Gasteiger partial charge on any atom is -0.385 e. The Kier molecular flexibility index (Phi) is 5.64. The number of benzene rings is 1. The van der Waals surface area contributed by atoms with E-state index in [-0.39, 0.29) is 6.10 Å². The van der Waals surface area contributed by atoms with Crippen LogP contribution in [0.25, 0.3) is 0 Å². The number of ether oxygens (including phenoxy) is 1. The summed E-state index contributed by atoms with van der Waals surface area (Å²) in [7, 11) is 4.37. The molecule has 0 saturated heterocycles. The summed E-state index contributed by atoms with van der Waals surface area (Å²) in [6.07, 6.45) is 9.70. The van der Waals surface area contributed by atoms with Gasteiger partial charge in [-0.15, -0.1) is 0 Å². The average molecular weight is 373 g/mol. The lowest BCUT2D eigenvalue weighted by molar-refractivity contribution is -0.906. The van der Waals surface area contributed by atoms with E-state index in [2.05, 4.69) is 44.4 Å². The molecule has 4 fully saturated rings. The molecule has 0 heterocycles. The van der Waals surface area contributed by atoms with Crippen molar-refractivity contribution in [3.63, 3.8) is 0 Å². The standard InChI is InChI=1S/C24H38NO2/c1-25(2,16-19-6-4-3-5-7-19)17-23(26)18-27-9-8-24-13-20-10-21(14-24)12-22(11-20)15-24/h3-7,20-23,26H,8-18H2,1-2H3/q+1. The molecule has 0 amide bonds. The highest BCUT2D eigenvalue weighted by Gasteiger charge is 2.50. The third-order valence-corrected chi connectivity index (χ3v) is 7.41. The monoisotopic (exact) mass is 372 g/mol. The number of aliphatic hydroxyl groups is 1. The van der Waals surface area contributed by atoms with E-state index in [1.165, 1.54) is 50.5 Å². The van der Waals surface area contributed by atoms with E-state index in [1.54, 1.807) is 0 Å². The first-order chi connectivity index (χ1) is 12.9. The van der Waals surface area contributed by atoms with E-state index < -0.39 is 0 Å². The van der Waals surface area contributed by atoms with Crippen molar-refractivity contribution in [2.24, 2.45) is 23.2 Å². The van der Waals surface area contributed by atoms with Gasteiger partial charge in [0.25, 0.3) is 0 Å². The zero-order valence-corrected chi connectivity index (χ0v) is 17.3. The molecule has 0 radical (unpaired) electrons. The number of aliphatic hydroxyl groups excluding tert-OH is 1. The summed E-state index contributed by atoms with van der Waals surface area (Å²) in [5.41, 5.74) is 1.90. The highest BCUT2D eigenvalue weighted by molar-refractivity contribution is 5.13. The maximum absolute atomic E-state index is 10.5. The van der Waals surface area contributed by atoms with Gasteiger partial charge in [-0.05, 0) is 68.1 Å². The summed E-state index contributed by atoms with van der Waals surface area (Å²) >= 11 is 0. The molecular weight excluding hydrogens is 334 g/mol. The van der Waals surface area contributed by atoms with Gasteiger partial charge in [0.05, 0.1) is 20.7 Å². The zero-order chi connectivity index (χ0) is 18.9. The minimum atomic E-state index is -0.389. The van der Waals surface area contributed by atoms with Gasteiger partial charge in [0, 0.05) is 12.2 Å². The number of hydrogen-bond donors (Lipinski definition) is 1. The summed E-state index contributed by atoms with van der Waals surface area (Å²) in [5.74, 6) is 3.04. The SMILES string of the molecule is C[N+](C)(Cc1ccccc1)CC(O)COCCC12CC3CC(CC(C3)C1)C2. The van der Waals surface area contributed by atoms with E-state index in [1.807, 2.05) is 0 Å². The first-order valence-electron chi connectivity index (χ1n) is 11.0. The molecule has 0 aliphatic heterocycles. The van der Waals surface area contributed by atoms with Gasteiger partial charge in [-0.1, -0.05) is 30.3 Å². The molecule has 0 spiro atoms. The molecule has 4 aliphatic carbocycles. The fourth-order valence-corrected chi connectivity index (χ4v) is 6.87. The highest BCUT2D eigenvalue weighted by Crippen LogP contribution is 2.61. The van der Waals surface area contributed by atoms with E-state index in [0.29, 0.717) is 12.0 Å². The normalized spacial score (nSPS) is 33.4. The smallest absolute Gasteiger partial charge is 0.126 e. The molecule has 1 N–H and O–H groups in total. The Morgan fingerprint density at radius 3 is 2.22 bits per heavy atom. The van der Waals surface area contributed by atoms with Gasteiger partial charge < -0.3 is 14.3 Å². The molecule has 1 unspecified atom stereocenters. The topological polar surface area (TPSA) is 29.5 Å². The van der Waals surface area contributed by atoms with Crippen molar-refractivity contribution >= 4 is 0 Å². The molecule has 1 aromatic carbocycles. The molecule has 4 bridgehead atoms. The van der Waals surface area contributed by atoms with Crippen LogP contribution in [0.15, 0.2) is 30.3 Å². The van der Waals surface area contributed by atoms with Gasteiger partial charge in [0.15, 0.2) is 0 Å². The van der Waals surface area contributed by atoms with Crippen LogP contribution in [0.5, 0.6) is 0 Å². The second-order valence-corrected chi connectivity index (χ2v) is 10.7. The summed E-state index contributed by atoms with van der Waals surface area (Å²) in [5, 5.41) is 10.5. The maximum atomic E-state index is 10.5. The van der Waals surface area contributed by atoms with Gasteiger partial charge >= 0.3 is 0 Å². The van der Waals surface area contributed by atoms with Crippen LogP contribution in [-0.4, -0.2) is 49.5 Å². The highest BCUT2D eigenvalue weighted by atomic mass is 16.5. The summed E-state index contributed by atoms with van der Waals surface area (Å²) in [4.78, 5) is 0. The Labute approximate surface area is 165 Å². The molecule has 27 heavy (non-hydrogen) atoms.